The zero-order valence-corrected chi connectivity index (χ0v) is 9.42. The van der Waals surface area contributed by atoms with Crippen LogP contribution >= 0.6 is 0 Å². The number of nitrogens with two attached hydrogens (primary N) is 1. The van der Waals surface area contributed by atoms with Crippen LogP contribution in [0, 0.1) is 6.92 Å². The Morgan fingerprint density at radius 2 is 2.07 bits per heavy atom. The summed E-state index contributed by atoms with van der Waals surface area (Å²) in [5.41, 5.74) is 9.11. The van der Waals surface area contributed by atoms with E-state index >= 15 is 0 Å². The molecule has 2 heteroatoms. The normalized spacial score (nSPS) is 20.1. The van der Waals surface area contributed by atoms with Crippen molar-refractivity contribution in [2.24, 2.45) is 5.73 Å². The molecule has 1 aromatic carbocycles. The lowest BCUT2D eigenvalue weighted by Gasteiger charge is -2.34. The summed E-state index contributed by atoms with van der Waals surface area (Å²) in [4.78, 5) is 0. The molecule has 1 fully saturated rings. The van der Waals surface area contributed by atoms with Crippen LogP contribution in [0.4, 0.5) is 0 Å². The van der Waals surface area contributed by atoms with E-state index in [1.165, 1.54) is 11.1 Å². The summed E-state index contributed by atoms with van der Waals surface area (Å²) in [6.07, 6.45) is 3.18. The van der Waals surface area contributed by atoms with Crippen molar-refractivity contribution in [1.82, 2.24) is 5.32 Å². The molecule has 0 aliphatic carbocycles. The lowest BCUT2D eigenvalue weighted by atomic mass is 9.83. The van der Waals surface area contributed by atoms with Gasteiger partial charge in [0.05, 0.1) is 0 Å². The SMILES string of the molecule is Cc1cccc(CC2(N)CCNCC2)c1. The fourth-order valence-electron chi connectivity index (χ4n) is 2.33. The first-order valence-electron chi connectivity index (χ1n) is 5.73. The van der Waals surface area contributed by atoms with Crippen LogP contribution in [0.25, 0.3) is 0 Å². The van der Waals surface area contributed by atoms with E-state index in [9.17, 15) is 0 Å². The summed E-state index contributed by atoms with van der Waals surface area (Å²) in [5, 5.41) is 3.36. The highest BCUT2D eigenvalue weighted by molar-refractivity contribution is 5.24. The maximum Gasteiger partial charge on any atom is 0.0219 e. The average molecular weight is 204 g/mol. The minimum absolute atomic E-state index is 0.0129. The summed E-state index contributed by atoms with van der Waals surface area (Å²) < 4.78 is 0. The van der Waals surface area contributed by atoms with Crippen LogP contribution in [0.5, 0.6) is 0 Å². The Bertz CT molecular complexity index is 327. The van der Waals surface area contributed by atoms with Crippen LogP contribution in [0.15, 0.2) is 24.3 Å². The van der Waals surface area contributed by atoms with Gasteiger partial charge in [-0.25, -0.2) is 0 Å². The Balaban J connectivity index is 2.06. The molecule has 0 aromatic heterocycles. The van der Waals surface area contributed by atoms with Gasteiger partial charge in [0.25, 0.3) is 0 Å². The van der Waals surface area contributed by atoms with Gasteiger partial charge in [-0.2, -0.15) is 0 Å². The molecule has 0 radical (unpaired) electrons. The molecule has 2 nitrogen and oxygen atoms in total. The average Bonchev–Trinajstić information content (AvgIpc) is 2.18. The van der Waals surface area contributed by atoms with Crippen LogP contribution in [0.3, 0.4) is 0 Å². The van der Waals surface area contributed by atoms with E-state index < -0.39 is 0 Å². The molecule has 82 valence electrons. The molecule has 0 saturated carbocycles. The number of piperidine rings is 1. The van der Waals surface area contributed by atoms with E-state index in [-0.39, 0.29) is 5.54 Å². The number of hydrogen-bond acceptors (Lipinski definition) is 2. The van der Waals surface area contributed by atoms with Crippen LogP contribution < -0.4 is 11.1 Å². The highest BCUT2D eigenvalue weighted by Gasteiger charge is 2.27. The minimum Gasteiger partial charge on any atom is -0.325 e. The van der Waals surface area contributed by atoms with E-state index in [1.54, 1.807) is 0 Å². The van der Waals surface area contributed by atoms with Gasteiger partial charge in [0, 0.05) is 5.54 Å². The van der Waals surface area contributed by atoms with Crippen molar-refractivity contribution in [1.29, 1.82) is 0 Å². The highest BCUT2D eigenvalue weighted by Crippen LogP contribution is 2.21. The second-order valence-corrected chi connectivity index (χ2v) is 4.78. The Labute approximate surface area is 91.9 Å². The van der Waals surface area contributed by atoms with Gasteiger partial charge < -0.3 is 11.1 Å². The maximum absolute atomic E-state index is 6.40. The quantitative estimate of drug-likeness (QED) is 0.768. The molecule has 1 saturated heterocycles. The van der Waals surface area contributed by atoms with E-state index in [0.29, 0.717) is 0 Å². The molecule has 1 heterocycles. The predicted molar refractivity (Wildman–Crippen MR) is 63.9 cm³/mol. The van der Waals surface area contributed by atoms with Crippen molar-refractivity contribution in [3.05, 3.63) is 35.4 Å². The Morgan fingerprint density at radius 1 is 1.33 bits per heavy atom. The standard InChI is InChI=1S/C13H20N2/c1-11-3-2-4-12(9-11)10-13(14)5-7-15-8-6-13/h2-4,9,15H,5-8,10,14H2,1H3. The van der Waals surface area contributed by atoms with Gasteiger partial charge in [-0.05, 0) is 44.8 Å². The molecule has 0 bridgehead atoms. The Kier molecular flexibility index (Phi) is 3.08. The Morgan fingerprint density at radius 3 is 2.73 bits per heavy atom. The second-order valence-electron chi connectivity index (χ2n) is 4.78. The highest BCUT2D eigenvalue weighted by atomic mass is 14.9. The summed E-state index contributed by atoms with van der Waals surface area (Å²) >= 11 is 0. The number of hydrogen-bond donors (Lipinski definition) is 2. The minimum atomic E-state index is 0.0129. The summed E-state index contributed by atoms with van der Waals surface area (Å²) in [7, 11) is 0. The topological polar surface area (TPSA) is 38.0 Å². The number of rotatable bonds is 2. The molecule has 1 aliphatic rings. The first-order valence-corrected chi connectivity index (χ1v) is 5.73. The van der Waals surface area contributed by atoms with Crippen molar-refractivity contribution < 1.29 is 0 Å². The van der Waals surface area contributed by atoms with Gasteiger partial charge in [0.15, 0.2) is 0 Å². The van der Waals surface area contributed by atoms with Crippen molar-refractivity contribution in [2.75, 3.05) is 13.1 Å². The first kappa shape index (κ1) is 10.7. The molecule has 0 atom stereocenters. The number of aryl methyl sites for hydroxylation is 1. The molecule has 3 N–H and O–H groups in total. The van der Waals surface area contributed by atoms with E-state index in [2.05, 4.69) is 36.5 Å². The fourth-order valence-corrected chi connectivity index (χ4v) is 2.33. The van der Waals surface area contributed by atoms with Gasteiger partial charge >= 0.3 is 0 Å². The van der Waals surface area contributed by atoms with Gasteiger partial charge in [-0.1, -0.05) is 29.8 Å². The van der Waals surface area contributed by atoms with Crippen LogP contribution in [-0.4, -0.2) is 18.6 Å². The molecule has 1 aliphatic heterocycles. The van der Waals surface area contributed by atoms with E-state index in [1.807, 2.05) is 0 Å². The molecule has 0 unspecified atom stereocenters. The van der Waals surface area contributed by atoms with Crippen molar-refractivity contribution in [3.63, 3.8) is 0 Å². The summed E-state index contributed by atoms with van der Waals surface area (Å²) in [6.45, 7) is 4.25. The molecular formula is C13H20N2. The maximum atomic E-state index is 6.40. The monoisotopic (exact) mass is 204 g/mol. The van der Waals surface area contributed by atoms with E-state index in [0.717, 1.165) is 32.4 Å². The van der Waals surface area contributed by atoms with Gasteiger partial charge in [-0.3, -0.25) is 0 Å². The van der Waals surface area contributed by atoms with Gasteiger partial charge in [0.2, 0.25) is 0 Å². The molecule has 0 amide bonds. The van der Waals surface area contributed by atoms with Gasteiger partial charge in [-0.15, -0.1) is 0 Å². The lowest BCUT2D eigenvalue weighted by molar-refractivity contribution is 0.308. The molecule has 15 heavy (non-hydrogen) atoms. The van der Waals surface area contributed by atoms with Crippen molar-refractivity contribution in [2.45, 2.75) is 31.7 Å². The molecule has 1 aromatic rings. The summed E-state index contributed by atoms with van der Waals surface area (Å²) in [6, 6.07) is 8.69. The lowest BCUT2D eigenvalue weighted by Crippen LogP contribution is -2.50. The molecular weight excluding hydrogens is 184 g/mol. The largest absolute Gasteiger partial charge is 0.325 e. The zero-order valence-electron chi connectivity index (χ0n) is 9.42. The van der Waals surface area contributed by atoms with Crippen LogP contribution in [0.1, 0.15) is 24.0 Å². The number of benzene rings is 1. The zero-order chi connectivity index (χ0) is 10.7. The second kappa shape index (κ2) is 4.33. The fraction of sp³-hybridized carbons (Fsp3) is 0.538. The molecule has 2 rings (SSSR count). The Hall–Kier alpha value is -0.860. The van der Waals surface area contributed by atoms with E-state index in [4.69, 9.17) is 5.73 Å². The smallest absolute Gasteiger partial charge is 0.0219 e. The third-order valence-electron chi connectivity index (χ3n) is 3.24. The third kappa shape index (κ3) is 2.80. The first-order chi connectivity index (χ1) is 7.18. The van der Waals surface area contributed by atoms with Crippen molar-refractivity contribution in [3.8, 4) is 0 Å². The summed E-state index contributed by atoms with van der Waals surface area (Å²) in [5.74, 6) is 0. The van der Waals surface area contributed by atoms with Crippen LogP contribution in [0.2, 0.25) is 0 Å². The number of nitrogens with one attached hydrogen (secondary N) is 1. The van der Waals surface area contributed by atoms with Gasteiger partial charge in [0.1, 0.15) is 0 Å². The third-order valence-corrected chi connectivity index (χ3v) is 3.24. The molecule has 0 spiro atoms. The van der Waals surface area contributed by atoms with Crippen LogP contribution in [-0.2, 0) is 6.42 Å². The van der Waals surface area contributed by atoms with Crippen molar-refractivity contribution >= 4 is 0 Å². The predicted octanol–water partition coefficient (Wildman–Crippen LogP) is 1.62.